The van der Waals surface area contributed by atoms with Gasteiger partial charge in [-0.2, -0.15) is 5.10 Å². The number of hydrogen-bond acceptors (Lipinski definition) is 4. The highest BCUT2D eigenvalue weighted by atomic mass is 16.2. The molecule has 18 heavy (non-hydrogen) atoms. The maximum Gasteiger partial charge on any atom is 0.241 e. The molecule has 0 aromatic carbocycles. The highest BCUT2D eigenvalue weighted by Gasteiger charge is 2.21. The average molecular weight is 251 g/mol. The Morgan fingerprint density at radius 3 is 3.11 bits per heavy atom. The van der Waals surface area contributed by atoms with Gasteiger partial charge in [-0.15, -0.1) is 0 Å². The minimum absolute atomic E-state index is 0.00644. The smallest absolute Gasteiger partial charge is 0.241 e. The number of aromatic nitrogens is 2. The van der Waals surface area contributed by atoms with E-state index in [0.717, 1.165) is 26.2 Å². The van der Waals surface area contributed by atoms with Gasteiger partial charge in [0.15, 0.2) is 0 Å². The first kappa shape index (κ1) is 12.9. The Morgan fingerprint density at radius 1 is 1.67 bits per heavy atom. The largest absolute Gasteiger partial charge is 0.382 e. The summed E-state index contributed by atoms with van der Waals surface area (Å²) in [6.45, 7) is 6.49. The molecule has 1 aliphatic heterocycles. The van der Waals surface area contributed by atoms with Crippen LogP contribution in [-0.2, 0) is 11.3 Å². The minimum atomic E-state index is -0.00644. The van der Waals surface area contributed by atoms with Gasteiger partial charge < -0.3 is 16.0 Å². The summed E-state index contributed by atoms with van der Waals surface area (Å²) in [6, 6.07) is 1.68. The highest BCUT2D eigenvalue weighted by Crippen LogP contribution is 2.14. The van der Waals surface area contributed by atoms with Crippen LogP contribution in [0, 0.1) is 5.92 Å². The van der Waals surface area contributed by atoms with Crippen LogP contribution in [0.15, 0.2) is 12.3 Å². The van der Waals surface area contributed by atoms with Crippen LogP contribution in [0.5, 0.6) is 0 Å². The topological polar surface area (TPSA) is 76.2 Å². The van der Waals surface area contributed by atoms with Crippen LogP contribution in [0.25, 0.3) is 0 Å². The van der Waals surface area contributed by atoms with Crippen molar-refractivity contribution in [3.8, 4) is 0 Å². The lowest BCUT2D eigenvalue weighted by atomic mass is 10.1. The van der Waals surface area contributed by atoms with Crippen molar-refractivity contribution in [3.05, 3.63) is 12.3 Å². The van der Waals surface area contributed by atoms with E-state index >= 15 is 0 Å². The fraction of sp³-hybridized carbons (Fsp3) is 0.667. The molecule has 2 heterocycles. The van der Waals surface area contributed by atoms with Gasteiger partial charge in [0.1, 0.15) is 12.4 Å². The van der Waals surface area contributed by atoms with Crippen LogP contribution in [-0.4, -0.2) is 46.8 Å². The zero-order chi connectivity index (χ0) is 13.0. The number of rotatable bonds is 5. The molecule has 1 amide bonds. The first-order chi connectivity index (χ1) is 8.67. The normalized spacial score (nSPS) is 20.2. The molecule has 1 atom stereocenters. The van der Waals surface area contributed by atoms with Gasteiger partial charge in [-0.25, -0.2) is 0 Å². The van der Waals surface area contributed by atoms with E-state index < -0.39 is 0 Å². The van der Waals surface area contributed by atoms with E-state index in [2.05, 4.69) is 22.2 Å². The third-order valence-electron chi connectivity index (χ3n) is 3.37. The van der Waals surface area contributed by atoms with Crippen molar-refractivity contribution in [2.45, 2.75) is 19.9 Å². The van der Waals surface area contributed by atoms with E-state index in [1.165, 1.54) is 6.42 Å². The molecular formula is C12H21N5O. The summed E-state index contributed by atoms with van der Waals surface area (Å²) in [5.74, 6) is 1.02. The second-order valence-corrected chi connectivity index (χ2v) is 4.79. The molecule has 0 saturated carbocycles. The third kappa shape index (κ3) is 3.46. The van der Waals surface area contributed by atoms with Crippen LogP contribution in [0.1, 0.15) is 13.3 Å². The standard InChI is InChI=1S/C12H21N5O/c1-2-16-5-3-10(8-16)7-14-12(18)9-17-6-4-11(13)15-17/h4,6,10H,2-3,5,7-9H2,1H3,(H2,13,15)(H,14,18). The first-order valence-electron chi connectivity index (χ1n) is 6.45. The average Bonchev–Trinajstić information content (AvgIpc) is 2.95. The lowest BCUT2D eigenvalue weighted by molar-refractivity contribution is -0.122. The summed E-state index contributed by atoms with van der Waals surface area (Å²) in [5.41, 5.74) is 5.49. The van der Waals surface area contributed by atoms with Crippen LogP contribution in [0.2, 0.25) is 0 Å². The number of nitrogen functional groups attached to an aromatic ring is 1. The van der Waals surface area contributed by atoms with Crippen LogP contribution in [0.3, 0.4) is 0 Å². The van der Waals surface area contributed by atoms with Crippen molar-refractivity contribution < 1.29 is 4.79 Å². The van der Waals surface area contributed by atoms with E-state index in [4.69, 9.17) is 5.73 Å². The number of nitrogens with zero attached hydrogens (tertiary/aromatic N) is 3. The van der Waals surface area contributed by atoms with Gasteiger partial charge in [-0.05, 0) is 31.5 Å². The summed E-state index contributed by atoms with van der Waals surface area (Å²) >= 11 is 0. The lowest BCUT2D eigenvalue weighted by Gasteiger charge is -2.13. The third-order valence-corrected chi connectivity index (χ3v) is 3.37. The molecular weight excluding hydrogens is 230 g/mol. The van der Waals surface area contributed by atoms with Crippen molar-refractivity contribution in [3.63, 3.8) is 0 Å². The molecule has 1 unspecified atom stereocenters. The monoisotopic (exact) mass is 251 g/mol. The Labute approximate surface area is 107 Å². The molecule has 0 aliphatic carbocycles. The van der Waals surface area contributed by atoms with Crippen LogP contribution >= 0.6 is 0 Å². The van der Waals surface area contributed by atoms with E-state index in [0.29, 0.717) is 11.7 Å². The number of likely N-dealkylation sites (tertiary alicyclic amines) is 1. The highest BCUT2D eigenvalue weighted by molar-refractivity contribution is 5.75. The second kappa shape index (κ2) is 5.86. The van der Waals surface area contributed by atoms with E-state index in [-0.39, 0.29) is 12.5 Å². The molecule has 1 saturated heterocycles. The molecule has 100 valence electrons. The Morgan fingerprint density at radius 2 is 2.50 bits per heavy atom. The number of amides is 1. The fourth-order valence-corrected chi connectivity index (χ4v) is 2.29. The van der Waals surface area contributed by atoms with Gasteiger partial charge in [-0.1, -0.05) is 6.92 Å². The molecule has 1 fully saturated rings. The Kier molecular flexibility index (Phi) is 4.19. The number of carbonyl (C=O) groups is 1. The Hall–Kier alpha value is -1.56. The summed E-state index contributed by atoms with van der Waals surface area (Å²) in [5, 5.41) is 6.94. The maximum atomic E-state index is 11.7. The molecule has 2 rings (SSSR count). The summed E-state index contributed by atoms with van der Waals surface area (Å²) < 4.78 is 1.55. The predicted molar refractivity (Wildman–Crippen MR) is 69.9 cm³/mol. The van der Waals surface area contributed by atoms with Gasteiger partial charge in [-0.3, -0.25) is 9.48 Å². The summed E-state index contributed by atoms with van der Waals surface area (Å²) in [7, 11) is 0. The predicted octanol–water partition coefficient (Wildman–Crippen LogP) is -0.0767. The number of hydrogen-bond donors (Lipinski definition) is 2. The summed E-state index contributed by atoms with van der Waals surface area (Å²) in [6.07, 6.45) is 2.88. The van der Waals surface area contributed by atoms with E-state index in [1.54, 1.807) is 16.9 Å². The maximum absolute atomic E-state index is 11.7. The fourth-order valence-electron chi connectivity index (χ4n) is 2.29. The quantitative estimate of drug-likeness (QED) is 0.767. The van der Waals surface area contributed by atoms with Crippen molar-refractivity contribution >= 4 is 11.7 Å². The van der Waals surface area contributed by atoms with E-state index in [9.17, 15) is 4.79 Å². The Bertz CT molecular complexity index is 403. The number of nitrogens with one attached hydrogen (secondary N) is 1. The molecule has 1 aliphatic rings. The van der Waals surface area contributed by atoms with Gasteiger partial charge in [0.25, 0.3) is 0 Å². The molecule has 6 heteroatoms. The van der Waals surface area contributed by atoms with Crippen LogP contribution in [0.4, 0.5) is 5.82 Å². The number of carbonyl (C=O) groups excluding carboxylic acids is 1. The molecule has 1 aromatic rings. The first-order valence-corrected chi connectivity index (χ1v) is 6.45. The van der Waals surface area contributed by atoms with Gasteiger partial charge >= 0.3 is 0 Å². The molecule has 6 nitrogen and oxygen atoms in total. The molecule has 0 spiro atoms. The van der Waals surface area contributed by atoms with Crippen molar-refractivity contribution in [2.75, 3.05) is 31.9 Å². The van der Waals surface area contributed by atoms with Gasteiger partial charge in [0, 0.05) is 19.3 Å². The minimum Gasteiger partial charge on any atom is -0.382 e. The molecule has 0 radical (unpaired) electrons. The number of anilines is 1. The van der Waals surface area contributed by atoms with Gasteiger partial charge in [0.05, 0.1) is 0 Å². The van der Waals surface area contributed by atoms with Gasteiger partial charge in [0.2, 0.25) is 5.91 Å². The molecule has 3 N–H and O–H groups in total. The molecule has 0 bridgehead atoms. The van der Waals surface area contributed by atoms with Crippen molar-refractivity contribution in [1.82, 2.24) is 20.0 Å². The van der Waals surface area contributed by atoms with Crippen LogP contribution < -0.4 is 11.1 Å². The zero-order valence-electron chi connectivity index (χ0n) is 10.8. The Balaban J connectivity index is 1.69. The van der Waals surface area contributed by atoms with Crippen molar-refractivity contribution in [1.29, 1.82) is 0 Å². The van der Waals surface area contributed by atoms with E-state index in [1.807, 2.05) is 0 Å². The lowest BCUT2D eigenvalue weighted by Crippen LogP contribution is -2.33. The zero-order valence-corrected chi connectivity index (χ0v) is 10.8. The van der Waals surface area contributed by atoms with Crippen molar-refractivity contribution in [2.24, 2.45) is 5.92 Å². The molecule has 1 aromatic heterocycles. The SMILES string of the molecule is CCN1CCC(CNC(=O)Cn2ccc(N)n2)C1. The summed E-state index contributed by atoms with van der Waals surface area (Å²) in [4.78, 5) is 14.1. The number of nitrogens with two attached hydrogens (primary N) is 1. The second-order valence-electron chi connectivity index (χ2n) is 4.79.